The zero-order valence-corrected chi connectivity index (χ0v) is 14.0. The molecule has 2 aromatic carbocycles. The monoisotopic (exact) mass is 325 g/mol. The quantitative estimate of drug-likeness (QED) is 0.822. The summed E-state index contributed by atoms with van der Waals surface area (Å²) in [7, 11) is 0. The van der Waals surface area contributed by atoms with Crippen LogP contribution in [0.1, 0.15) is 29.5 Å². The number of hydrogen-bond acceptors (Lipinski definition) is 2. The topological polar surface area (TPSA) is 66.4 Å². The van der Waals surface area contributed by atoms with Gasteiger partial charge in [-0.15, -0.1) is 0 Å². The van der Waals surface area contributed by atoms with E-state index in [4.69, 9.17) is 0 Å². The van der Waals surface area contributed by atoms with Crippen LogP contribution in [0, 0.1) is 12.8 Å². The molecule has 2 N–H and O–H groups in total. The van der Waals surface area contributed by atoms with Crippen LogP contribution in [0.4, 0.5) is 0 Å². The number of aliphatic carboxylic acids is 1. The summed E-state index contributed by atoms with van der Waals surface area (Å²) in [6.07, 6.45) is 0.634. The van der Waals surface area contributed by atoms with Crippen LogP contribution in [0.15, 0.2) is 54.6 Å². The maximum Gasteiger partial charge on any atom is 0.312 e. The van der Waals surface area contributed by atoms with Crippen LogP contribution in [0.2, 0.25) is 0 Å². The van der Waals surface area contributed by atoms with Gasteiger partial charge in [0.05, 0.1) is 5.92 Å². The number of carbonyl (C=O) groups excluding carboxylic acids is 1. The van der Waals surface area contributed by atoms with Crippen molar-refractivity contribution in [3.63, 3.8) is 0 Å². The van der Waals surface area contributed by atoms with Gasteiger partial charge >= 0.3 is 5.97 Å². The lowest BCUT2D eigenvalue weighted by molar-refractivity contribution is -0.138. The Morgan fingerprint density at radius 1 is 1.04 bits per heavy atom. The van der Waals surface area contributed by atoms with Gasteiger partial charge in [-0.1, -0.05) is 67.1 Å². The van der Waals surface area contributed by atoms with E-state index < -0.39 is 11.9 Å². The van der Waals surface area contributed by atoms with Gasteiger partial charge in [0, 0.05) is 12.5 Å². The van der Waals surface area contributed by atoms with Gasteiger partial charge in [0.25, 0.3) is 0 Å². The second-order valence-corrected chi connectivity index (χ2v) is 6.14. The molecule has 2 rings (SSSR count). The average molecular weight is 325 g/mol. The first kappa shape index (κ1) is 17.7. The Kier molecular flexibility index (Phi) is 6.13. The summed E-state index contributed by atoms with van der Waals surface area (Å²) in [6, 6.07) is 17.0. The zero-order valence-electron chi connectivity index (χ0n) is 14.0. The SMILES string of the molecule is Cc1ccc(CC(C)C(=O)NCC(C(=O)O)c2ccccc2)cc1. The maximum absolute atomic E-state index is 12.3. The fourth-order valence-corrected chi connectivity index (χ4v) is 2.58. The number of aryl methyl sites for hydroxylation is 1. The molecule has 0 aliphatic carbocycles. The second kappa shape index (κ2) is 8.29. The molecule has 0 radical (unpaired) electrons. The van der Waals surface area contributed by atoms with E-state index >= 15 is 0 Å². The van der Waals surface area contributed by atoms with E-state index in [0.717, 1.165) is 5.56 Å². The third kappa shape index (κ3) is 4.95. The molecular weight excluding hydrogens is 302 g/mol. The van der Waals surface area contributed by atoms with Crippen molar-refractivity contribution in [1.29, 1.82) is 0 Å². The third-order valence-electron chi connectivity index (χ3n) is 4.09. The van der Waals surface area contributed by atoms with Crippen LogP contribution >= 0.6 is 0 Å². The summed E-state index contributed by atoms with van der Waals surface area (Å²) < 4.78 is 0. The van der Waals surface area contributed by atoms with Gasteiger partial charge in [-0.05, 0) is 24.5 Å². The molecule has 2 atom stereocenters. The van der Waals surface area contributed by atoms with Gasteiger partial charge < -0.3 is 10.4 Å². The Bertz CT molecular complexity index is 680. The highest BCUT2D eigenvalue weighted by Gasteiger charge is 2.22. The normalized spacial score (nSPS) is 13.1. The molecule has 0 spiro atoms. The maximum atomic E-state index is 12.3. The van der Waals surface area contributed by atoms with Crippen molar-refractivity contribution in [3.05, 3.63) is 71.3 Å². The van der Waals surface area contributed by atoms with E-state index in [1.165, 1.54) is 5.56 Å². The number of rotatable bonds is 7. The highest BCUT2D eigenvalue weighted by Crippen LogP contribution is 2.15. The van der Waals surface area contributed by atoms with Crippen molar-refractivity contribution in [3.8, 4) is 0 Å². The van der Waals surface area contributed by atoms with Crippen molar-refractivity contribution < 1.29 is 14.7 Å². The first-order valence-electron chi connectivity index (χ1n) is 8.08. The van der Waals surface area contributed by atoms with E-state index in [-0.39, 0.29) is 18.4 Å². The average Bonchev–Trinajstić information content (AvgIpc) is 2.57. The number of carboxylic acids is 1. The molecule has 0 saturated heterocycles. The summed E-state index contributed by atoms with van der Waals surface area (Å²) in [5, 5.41) is 12.2. The Hall–Kier alpha value is -2.62. The molecule has 4 nitrogen and oxygen atoms in total. The molecule has 2 unspecified atom stereocenters. The number of carbonyl (C=O) groups is 2. The van der Waals surface area contributed by atoms with Gasteiger partial charge in [0.1, 0.15) is 0 Å². The van der Waals surface area contributed by atoms with Crippen LogP contribution in [0.25, 0.3) is 0 Å². The van der Waals surface area contributed by atoms with Crippen molar-refractivity contribution >= 4 is 11.9 Å². The number of hydrogen-bond donors (Lipinski definition) is 2. The molecule has 0 heterocycles. The summed E-state index contributed by atoms with van der Waals surface area (Å²) in [4.78, 5) is 23.7. The van der Waals surface area contributed by atoms with Crippen LogP contribution < -0.4 is 5.32 Å². The fraction of sp³-hybridized carbons (Fsp3) is 0.300. The van der Waals surface area contributed by atoms with Crippen LogP contribution in [0.5, 0.6) is 0 Å². The molecule has 24 heavy (non-hydrogen) atoms. The first-order valence-corrected chi connectivity index (χ1v) is 8.08. The predicted octanol–water partition coefficient (Wildman–Crippen LogP) is 3.16. The molecule has 1 amide bonds. The van der Waals surface area contributed by atoms with Crippen molar-refractivity contribution in [1.82, 2.24) is 5.32 Å². The molecule has 4 heteroatoms. The van der Waals surface area contributed by atoms with Crippen LogP contribution in [-0.2, 0) is 16.0 Å². The van der Waals surface area contributed by atoms with E-state index in [1.54, 1.807) is 24.3 Å². The predicted molar refractivity (Wildman–Crippen MR) is 93.9 cm³/mol. The standard InChI is InChI=1S/C20H23NO3/c1-14-8-10-16(11-9-14)12-15(2)19(22)21-13-18(20(23)24)17-6-4-3-5-7-17/h3-11,15,18H,12-13H2,1-2H3,(H,21,22)(H,23,24). The highest BCUT2D eigenvalue weighted by atomic mass is 16.4. The van der Waals surface area contributed by atoms with Gasteiger partial charge in [-0.2, -0.15) is 0 Å². The van der Waals surface area contributed by atoms with Crippen LogP contribution in [0.3, 0.4) is 0 Å². The number of nitrogens with one attached hydrogen (secondary N) is 1. The minimum absolute atomic E-state index is 0.0937. The molecule has 0 aromatic heterocycles. The van der Waals surface area contributed by atoms with E-state index in [9.17, 15) is 14.7 Å². The zero-order chi connectivity index (χ0) is 17.5. The minimum Gasteiger partial charge on any atom is -0.481 e. The molecule has 0 aliphatic rings. The first-order chi connectivity index (χ1) is 11.5. The summed E-state index contributed by atoms with van der Waals surface area (Å²) in [5.74, 6) is -2.01. The second-order valence-electron chi connectivity index (χ2n) is 6.14. The molecule has 2 aromatic rings. The van der Waals surface area contributed by atoms with Crippen LogP contribution in [-0.4, -0.2) is 23.5 Å². The third-order valence-corrected chi connectivity index (χ3v) is 4.09. The lowest BCUT2D eigenvalue weighted by Crippen LogP contribution is -2.35. The number of benzene rings is 2. The molecule has 126 valence electrons. The van der Waals surface area contributed by atoms with Gasteiger partial charge in [-0.25, -0.2) is 0 Å². The smallest absolute Gasteiger partial charge is 0.312 e. The fourth-order valence-electron chi connectivity index (χ4n) is 2.58. The molecule has 0 aliphatic heterocycles. The highest BCUT2D eigenvalue weighted by molar-refractivity contribution is 5.81. The van der Waals surface area contributed by atoms with Gasteiger partial charge in [-0.3, -0.25) is 9.59 Å². The summed E-state index contributed by atoms with van der Waals surface area (Å²) in [5.41, 5.74) is 2.97. The van der Waals surface area contributed by atoms with Crippen molar-refractivity contribution in [2.24, 2.45) is 5.92 Å². The molecule has 0 fully saturated rings. The molecular formula is C20H23NO3. The Labute approximate surface area is 142 Å². The summed E-state index contributed by atoms with van der Waals surface area (Å²) in [6.45, 7) is 3.97. The largest absolute Gasteiger partial charge is 0.481 e. The Balaban J connectivity index is 1.93. The molecule has 0 saturated carbocycles. The number of amides is 1. The van der Waals surface area contributed by atoms with E-state index in [2.05, 4.69) is 5.32 Å². The Morgan fingerprint density at radius 2 is 1.67 bits per heavy atom. The number of carboxylic acid groups (broad SMARTS) is 1. The van der Waals surface area contributed by atoms with E-state index in [1.807, 2.05) is 44.2 Å². The Morgan fingerprint density at radius 3 is 2.25 bits per heavy atom. The van der Waals surface area contributed by atoms with Crippen molar-refractivity contribution in [2.75, 3.05) is 6.54 Å². The lowest BCUT2D eigenvalue weighted by atomic mass is 9.97. The van der Waals surface area contributed by atoms with Gasteiger partial charge in [0.15, 0.2) is 0 Å². The lowest BCUT2D eigenvalue weighted by Gasteiger charge is -2.16. The van der Waals surface area contributed by atoms with E-state index in [0.29, 0.717) is 12.0 Å². The minimum atomic E-state index is -0.937. The summed E-state index contributed by atoms with van der Waals surface area (Å²) >= 11 is 0. The van der Waals surface area contributed by atoms with Crippen molar-refractivity contribution in [2.45, 2.75) is 26.2 Å². The molecule has 0 bridgehead atoms. The van der Waals surface area contributed by atoms with Gasteiger partial charge in [0.2, 0.25) is 5.91 Å².